The summed E-state index contributed by atoms with van der Waals surface area (Å²) < 4.78 is 0. The third-order valence-corrected chi connectivity index (χ3v) is 3.53. The quantitative estimate of drug-likeness (QED) is 0.788. The molecule has 1 rings (SSSR count). The molecule has 13 heavy (non-hydrogen) atoms. The average Bonchev–Trinajstić information content (AvgIpc) is 2.52. The zero-order valence-corrected chi connectivity index (χ0v) is 9.53. The minimum Gasteiger partial charge on any atom is -0.327 e. The van der Waals surface area contributed by atoms with Gasteiger partial charge in [-0.1, -0.05) is 20.3 Å². The van der Waals surface area contributed by atoms with E-state index in [4.69, 9.17) is 5.73 Å². The maximum Gasteiger partial charge on any atom is 0.00804 e. The number of aryl methyl sites for hydroxylation is 1. The molecule has 0 saturated carbocycles. The summed E-state index contributed by atoms with van der Waals surface area (Å²) >= 11 is 1.86. The Morgan fingerprint density at radius 3 is 2.69 bits per heavy atom. The van der Waals surface area contributed by atoms with E-state index in [2.05, 4.69) is 32.2 Å². The zero-order chi connectivity index (χ0) is 9.84. The largest absolute Gasteiger partial charge is 0.327 e. The van der Waals surface area contributed by atoms with Crippen molar-refractivity contribution in [3.63, 3.8) is 0 Å². The van der Waals surface area contributed by atoms with Gasteiger partial charge < -0.3 is 5.73 Å². The number of hydrogen-bond acceptors (Lipinski definition) is 2. The Bertz CT molecular complexity index is 252. The minimum atomic E-state index is 0.255. The lowest BCUT2D eigenvalue weighted by molar-refractivity contribution is 0.609. The van der Waals surface area contributed by atoms with E-state index in [1.54, 1.807) is 0 Å². The van der Waals surface area contributed by atoms with Crippen molar-refractivity contribution in [3.8, 4) is 0 Å². The van der Waals surface area contributed by atoms with Crippen molar-refractivity contribution in [1.29, 1.82) is 0 Å². The van der Waals surface area contributed by atoms with Crippen LogP contribution in [0.2, 0.25) is 0 Å². The molecule has 0 bridgehead atoms. The molecule has 1 aromatic heterocycles. The topological polar surface area (TPSA) is 26.0 Å². The number of thiophene rings is 1. The monoisotopic (exact) mass is 197 g/mol. The molecule has 0 spiro atoms. The van der Waals surface area contributed by atoms with Crippen LogP contribution in [0.3, 0.4) is 0 Å². The summed E-state index contributed by atoms with van der Waals surface area (Å²) in [5.74, 6) is 0.493. The van der Waals surface area contributed by atoms with Crippen LogP contribution in [-0.2, 0) is 6.42 Å². The third kappa shape index (κ3) is 2.55. The molecule has 2 atom stereocenters. The van der Waals surface area contributed by atoms with E-state index in [0.717, 1.165) is 0 Å². The molecule has 0 radical (unpaired) electrons. The third-order valence-electron chi connectivity index (χ3n) is 2.54. The molecule has 1 aromatic rings. The van der Waals surface area contributed by atoms with Crippen molar-refractivity contribution >= 4 is 11.3 Å². The summed E-state index contributed by atoms with van der Waals surface area (Å²) in [5.41, 5.74) is 7.36. The van der Waals surface area contributed by atoms with E-state index >= 15 is 0 Å². The molecule has 0 saturated heterocycles. The van der Waals surface area contributed by atoms with E-state index in [1.165, 1.54) is 23.3 Å². The van der Waals surface area contributed by atoms with E-state index < -0.39 is 0 Å². The minimum absolute atomic E-state index is 0.255. The van der Waals surface area contributed by atoms with Crippen LogP contribution >= 0.6 is 11.3 Å². The van der Waals surface area contributed by atoms with Gasteiger partial charge in [0.1, 0.15) is 0 Å². The molecular formula is C11H19NS. The molecule has 2 N–H and O–H groups in total. The van der Waals surface area contributed by atoms with Crippen LogP contribution in [0, 0.1) is 0 Å². The number of rotatable bonds is 4. The summed E-state index contributed by atoms with van der Waals surface area (Å²) in [6, 6.07) is 2.48. The standard InChI is InChI=1S/C11H19NS/c1-4-5-11-10(6-7-13-11)8(2)9(3)12/h6-9H,4-5,12H2,1-3H3/t8-,9-/m1/s1. The maximum absolute atomic E-state index is 5.90. The van der Waals surface area contributed by atoms with Crippen LogP contribution in [0.5, 0.6) is 0 Å². The molecule has 0 fully saturated rings. The Morgan fingerprint density at radius 1 is 1.46 bits per heavy atom. The van der Waals surface area contributed by atoms with Crippen molar-refractivity contribution in [3.05, 3.63) is 21.9 Å². The van der Waals surface area contributed by atoms with Gasteiger partial charge in [-0.25, -0.2) is 0 Å². The zero-order valence-electron chi connectivity index (χ0n) is 8.71. The van der Waals surface area contributed by atoms with Crippen LogP contribution < -0.4 is 5.73 Å². The van der Waals surface area contributed by atoms with Gasteiger partial charge in [0.05, 0.1) is 0 Å². The molecule has 1 heterocycles. The highest BCUT2D eigenvalue weighted by Gasteiger charge is 2.14. The van der Waals surface area contributed by atoms with Crippen LogP contribution in [0.4, 0.5) is 0 Å². The first kappa shape index (κ1) is 10.7. The number of nitrogens with two attached hydrogens (primary N) is 1. The van der Waals surface area contributed by atoms with Gasteiger partial charge in [-0.15, -0.1) is 11.3 Å². The van der Waals surface area contributed by atoms with Crippen LogP contribution in [0.15, 0.2) is 11.4 Å². The molecule has 1 nitrogen and oxygen atoms in total. The average molecular weight is 197 g/mol. The fourth-order valence-electron chi connectivity index (χ4n) is 1.47. The Hall–Kier alpha value is -0.340. The summed E-state index contributed by atoms with van der Waals surface area (Å²) in [4.78, 5) is 1.52. The normalized spacial score (nSPS) is 15.7. The van der Waals surface area contributed by atoms with Crippen LogP contribution in [0.25, 0.3) is 0 Å². The second kappa shape index (κ2) is 4.77. The van der Waals surface area contributed by atoms with Crippen molar-refractivity contribution in [2.45, 2.75) is 45.6 Å². The molecule has 2 heteroatoms. The lowest BCUT2D eigenvalue weighted by Gasteiger charge is -2.16. The van der Waals surface area contributed by atoms with Gasteiger partial charge in [0, 0.05) is 10.9 Å². The van der Waals surface area contributed by atoms with Gasteiger partial charge in [0.25, 0.3) is 0 Å². The highest BCUT2D eigenvalue weighted by Crippen LogP contribution is 2.27. The van der Waals surface area contributed by atoms with E-state index in [1.807, 2.05) is 11.3 Å². The van der Waals surface area contributed by atoms with E-state index in [-0.39, 0.29) is 6.04 Å². The highest BCUT2D eigenvalue weighted by atomic mass is 32.1. The first-order valence-electron chi connectivity index (χ1n) is 4.98. The summed E-state index contributed by atoms with van der Waals surface area (Å²) in [5, 5.41) is 2.18. The van der Waals surface area contributed by atoms with Crippen molar-refractivity contribution in [2.24, 2.45) is 5.73 Å². The summed E-state index contributed by atoms with van der Waals surface area (Å²) in [6.45, 7) is 6.52. The Balaban J connectivity index is 2.80. The summed E-state index contributed by atoms with van der Waals surface area (Å²) in [7, 11) is 0. The SMILES string of the molecule is CCCc1sccc1[C@H](C)[C@@H](C)N. The predicted octanol–water partition coefficient (Wildman–Crippen LogP) is 3.15. The van der Waals surface area contributed by atoms with Gasteiger partial charge in [0.15, 0.2) is 0 Å². The molecular weight excluding hydrogens is 178 g/mol. The molecule has 74 valence electrons. The van der Waals surface area contributed by atoms with Crippen molar-refractivity contribution in [2.75, 3.05) is 0 Å². The van der Waals surface area contributed by atoms with Gasteiger partial charge in [0.2, 0.25) is 0 Å². The van der Waals surface area contributed by atoms with E-state index in [0.29, 0.717) is 5.92 Å². The molecule has 0 aliphatic rings. The summed E-state index contributed by atoms with van der Waals surface area (Å²) in [6.07, 6.45) is 2.42. The molecule has 0 amide bonds. The van der Waals surface area contributed by atoms with E-state index in [9.17, 15) is 0 Å². The van der Waals surface area contributed by atoms with Crippen molar-refractivity contribution < 1.29 is 0 Å². The first-order valence-corrected chi connectivity index (χ1v) is 5.86. The Labute approximate surface area is 85.0 Å². The second-order valence-corrected chi connectivity index (χ2v) is 4.70. The molecule has 0 aliphatic heterocycles. The van der Waals surface area contributed by atoms with Crippen molar-refractivity contribution in [1.82, 2.24) is 0 Å². The molecule has 0 unspecified atom stereocenters. The fourth-order valence-corrected chi connectivity index (χ4v) is 2.56. The Kier molecular flexibility index (Phi) is 3.94. The fraction of sp³-hybridized carbons (Fsp3) is 0.636. The predicted molar refractivity (Wildman–Crippen MR) is 60.4 cm³/mol. The molecule has 0 aliphatic carbocycles. The van der Waals surface area contributed by atoms with Crippen LogP contribution in [-0.4, -0.2) is 6.04 Å². The smallest absolute Gasteiger partial charge is 0.00804 e. The lowest BCUT2D eigenvalue weighted by atomic mass is 9.94. The lowest BCUT2D eigenvalue weighted by Crippen LogP contribution is -2.22. The van der Waals surface area contributed by atoms with Gasteiger partial charge in [-0.05, 0) is 36.3 Å². The number of hydrogen-bond donors (Lipinski definition) is 1. The molecule has 0 aromatic carbocycles. The maximum atomic E-state index is 5.90. The first-order chi connectivity index (χ1) is 6.16. The second-order valence-electron chi connectivity index (χ2n) is 3.70. The van der Waals surface area contributed by atoms with Gasteiger partial charge >= 0.3 is 0 Å². The highest BCUT2D eigenvalue weighted by molar-refractivity contribution is 7.10. The Morgan fingerprint density at radius 2 is 2.15 bits per heavy atom. The van der Waals surface area contributed by atoms with Gasteiger partial charge in [-0.2, -0.15) is 0 Å². The van der Waals surface area contributed by atoms with Gasteiger partial charge in [-0.3, -0.25) is 0 Å². The van der Waals surface area contributed by atoms with Crippen LogP contribution in [0.1, 0.15) is 43.6 Å².